The average molecular weight is 272 g/mol. The summed E-state index contributed by atoms with van der Waals surface area (Å²) >= 11 is 0. The zero-order valence-electron chi connectivity index (χ0n) is 12.6. The van der Waals surface area contributed by atoms with Crippen LogP contribution >= 0.6 is 0 Å². The average Bonchev–Trinajstić information content (AvgIpc) is 2.41. The van der Waals surface area contributed by atoms with Crippen molar-refractivity contribution in [3.05, 3.63) is 36.5 Å². The number of nitrogens with zero attached hydrogens (tertiary/aromatic N) is 1. The van der Waals surface area contributed by atoms with Crippen molar-refractivity contribution in [3.8, 4) is 5.75 Å². The van der Waals surface area contributed by atoms with Gasteiger partial charge in [0.25, 0.3) is 0 Å². The molecule has 0 radical (unpaired) electrons. The van der Waals surface area contributed by atoms with Crippen LogP contribution in [0.1, 0.15) is 33.6 Å². The molecule has 1 N–H and O–H groups in total. The Kier molecular flexibility index (Phi) is 4.96. The van der Waals surface area contributed by atoms with Crippen molar-refractivity contribution in [3.63, 3.8) is 0 Å². The maximum absolute atomic E-state index is 5.76. The van der Waals surface area contributed by atoms with Gasteiger partial charge >= 0.3 is 0 Å². The van der Waals surface area contributed by atoms with Crippen LogP contribution in [0.2, 0.25) is 0 Å². The van der Waals surface area contributed by atoms with Gasteiger partial charge in [-0.2, -0.15) is 0 Å². The molecule has 3 heteroatoms. The van der Waals surface area contributed by atoms with E-state index in [2.05, 4.69) is 43.2 Å². The number of unbranched alkanes of at least 4 members (excludes halogenated alkanes) is 1. The first kappa shape index (κ1) is 14.8. The number of hydrogen-bond acceptors (Lipinski definition) is 3. The van der Waals surface area contributed by atoms with Crippen molar-refractivity contribution in [2.75, 3.05) is 13.2 Å². The standard InChI is InChI=1S/C17H24N2O/c1-17(2,3)19-10-6-7-11-20-15-12-14-8-4-5-9-16(14)18-13-15/h4-5,8-9,12-13,19H,6-7,10-11H2,1-3H3. The Balaban J connectivity index is 1.73. The van der Waals surface area contributed by atoms with Crippen molar-refractivity contribution in [2.45, 2.75) is 39.2 Å². The molecule has 0 bridgehead atoms. The number of hydrogen-bond donors (Lipinski definition) is 1. The van der Waals surface area contributed by atoms with E-state index >= 15 is 0 Å². The SMILES string of the molecule is CC(C)(C)NCCCCOc1cnc2ccccc2c1. The van der Waals surface area contributed by atoms with Crippen molar-refractivity contribution in [2.24, 2.45) is 0 Å². The van der Waals surface area contributed by atoms with Gasteiger partial charge < -0.3 is 10.1 Å². The highest BCUT2D eigenvalue weighted by Crippen LogP contribution is 2.17. The van der Waals surface area contributed by atoms with Gasteiger partial charge in [0.05, 0.1) is 18.3 Å². The normalized spacial score (nSPS) is 11.8. The van der Waals surface area contributed by atoms with Gasteiger partial charge in [-0.05, 0) is 52.3 Å². The summed E-state index contributed by atoms with van der Waals surface area (Å²) < 4.78 is 5.76. The van der Waals surface area contributed by atoms with Crippen LogP contribution in [0.15, 0.2) is 36.5 Å². The van der Waals surface area contributed by atoms with Crippen LogP contribution in [0, 0.1) is 0 Å². The van der Waals surface area contributed by atoms with Crippen LogP contribution in [-0.4, -0.2) is 23.7 Å². The lowest BCUT2D eigenvalue weighted by molar-refractivity contribution is 0.301. The molecule has 1 aromatic carbocycles. The van der Waals surface area contributed by atoms with Gasteiger partial charge in [0.1, 0.15) is 5.75 Å². The third-order valence-corrected chi connectivity index (χ3v) is 3.06. The molecule has 0 aliphatic heterocycles. The van der Waals surface area contributed by atoms with Crippen molar-refractivity contribution < 1.29 is 4.74 Å². The first-order chi connectivity index (χ1) is 9.54. The lowest BCUT2D eigenvalue weighted by Crippen LogP contribution is -2.36. The molecule has 3 nitrogen and oxygen atoms in total. The van der Waals surface area contributed by atoms with Gasteiger partial charge in [0.2, 0.25) is 0 Å². The number of aromatic nitrogens is 1. The van der Waals surface area contributed by atoms with Gasteiger partial charge in [0.15, 0.2) is 0 Å². The minimum absolute atomic E-state index is 0.198. The van der Waals surface area contributed by atoms with E-state index in [0.29, 0.717) is 0 Å². The fraction of sp³-hybridized carbons (Fsp3) is 0.471. The molecule has 1 aromatic heterocycles. The quantitative estimate of drug-likeness (QED) is 0.813. The molecule has 0 aliphatic carbocycles. The molecule has 0 atom stereocenters. The summed E-state index contributed by atoms with van der Waals surface area (Å²) in [6, 6.07) is 10.1. The van der Waals surface area contributed by atoms with E-state index in [1.165, 1.54) is 0 Å². The minimum atomic E-state index is 0.198. The van der Waals surface area contributed by atoms with E-state index in [9.17, 15) is 0 Å². The van der Waals surface area contributed by atoms with Gasteiger partial charge in [-0.15, -0.1) is 0 Å². The van der Waals surface area contributed by atoms with Crippen LogP contribution in [0.25, 0.3) is 10.9 Å². The molecule has 20 heavy (non-hydrogen) atoms. The smallest absolute Gasteiger partial charge is 0.138 e. The third-order valence-electron chi connectivity index (χ3n) is 3.06. The summed E-state index contributed by atoms with van der Waals surface area (Å²) in [5.41, 5.74) is 1.21. The van der Waals surface area contributed by atoms with Crippen molar-refractivity contribution in [1.29, 1.82) is 0 Å². The Labute approximate surface area is 121 Å². The Hall–Kier alpha value is -1.61. The predicted molar refractivity (Wildman–Crippen MR) is 84.2 cm³/mol. The van der Waals surface area contributed by atoms with E-state index in [-0.39, 0.29) is 5.54 Å². The van der Waals surface area contributed by atoms with Crippen LogP contribution in [-0.2, 0) is 0 Å². The zero-order chi connectivity index (χ0) is 14.4. The van der Waals surface area contributed by atoms with E-state index in [1.807, 2.05) is 18.2 Å². The maximum atomic E-state index is 5.76. The Morgan fingerprint density at radius 1 is 1.15 bits per heavy atom. The second kappa shape index (κ2) is 6.71. The zero-order valence-corrected chi connectivity index (χ0v) is 12.6. The number of para-hydroxylation sites is 1. The predicted octanol–water partition coefficient (Wildman–Crippen LogP) is 3.78. The summed E-state index contributed by atoms with van der Waals surface area (Å²) in [6.45, 7) is 8.33. The van der Waals surface area contributed by atoms with Crippen LogP contribution in [0.3, 0.4) is 0 Å². The highest BCUT2D eigenvalue weighted by Gasteiger charge is 2.07. The highest BCUT2D eigenvalue weighted by molar-refractivity contribution is 5.79. The largest absolute Gasteiger partial charge is 0.492 e. The second-order valence-electron chi connectivity index (χ2n) is 6.10. The molecule has 0 aliphatic rings. The fourth-order valence-electron chi connectivity index (χ4n) is 2.01. The fourth-order valence-corrected chi connectivity index (χ4v) is 2.01. The molecule has 0 saturated carbocycles. The second-order valence-corrected chi connectivity index (χ2v) is 6.10. The molecule has 2 aromatic rings. The van der Waals surface area contributed by atoms with Gasteiger partial charge in [-0.25, -0.2) is 0 Å². The Bertz CT molecular complexity index is 546. The maximum Gasteiger partial charge on any atom is 0.138 e. The highest BCUT2D eigenvalue weighted by atomic mass is 16.5. The summed E-state index contributed by atoms with van der Waals surface area (Å²) in [5.74, 6) is 0.854. The first-order valence-electron chi connectivity index (χ1n) is 7.27. The third kappa shape index (κ3) is 4.82. The number of rotatable bonds is 6. The summed E-state index contributed by atoms with van der Waals surface area (Å²) in [6.07, 6.45) is 3.98. The first-order valence-corrected chi connectivity index (χ1v) is 7.27. The molecule has 0 spiro atoms. The molecule has 1 heterocycles. The van der Waals surface area contributed by atoms with Crippen LogP contribution < -0.4 is 10.1 Å². The monoisotopic (exact) mass is 272 g/mol. The molecule has 0 unspecified atom stereocenters. The summed E-state index contributed by atoms with van der Waals surface area (Å²) in [5, 5.41) is 4.60. The lowest BCUT2D eigenvalue weighted by atomic mass is 10.1. The van der Waals surface area contributed by atoms with Crippen LogP contribution in [0.5, 0.6) is 5.75 Å². The van der Waals surface area contributed by atoms with E-state index in [0.717, 1.165) is 42.6 Å². The molecule has 2 rings (SSSR count). The summed E-state index contributed by atoms with van der Waals surface area (Å²) in [7, 11) is 0. The van der Waals surface area contributed by atoms with Crippen LogP contribution in [0.4, 0.5) is 0 Å². The molecular formula is C17H24N2O. The van der Waals surface area contributed by atoms with E-state index in [4.69, 9.17) is 4.74 Å². The lowest BCUT2D eigenvalue weighted by Gasteiger charge is -2.20. The number of pyridine rings is 1. The molecule has 0 amide bonds. The molecule has 0 saturated heterocycles. The Morgan fingerprint density at radius 3 is 2.75 bits per heavy atom. The number of benzene rings is 1. The number of nitrogens with one attached hydrogen (secondary N) is 1. The van der Waals surface area contributed by atoms with Gasteiger partial charge in [0, 0.05) is 10.9 Å². The number of fused-ring (bicyclic) bond motifs is 1. The van der Waals surface area contributed by atoms with Crippen molar-refractivity contribution >= 4 is 10.9 Å². The number of ether oxygens (including phenoxy) is 1. The molecule has 0 fully saturated rings. The van der Waals surface area contributed by atoms with E-state index in [1.54, 1.807) is 6.20 Å². The van der Waals surface area contributed by atoms with Gasteiger partial charge in [-0.3, -0.25) is 4.98 Å². The van der Waals surface area contributed by atoms with Gasteiger partial charge in [-0.1, -0.05) is 18.2 Å². The topological polar surface area (TPSA) is 34.1 Å². The Morgan fingerprint density at radius 2 is 1.95 bits per heavy atom. The molecular weight excluding hydrogens is 248 g/mol. The van der Waals surface area contributed by atoms with E-state index < -0.39 is 0 Å². The minimum Gasteiger partial charge on any atom is -0.492 e. The molecule has 108 valence electrons. The summed E-state index contributed by atoms with van der Waals surface area (Å²) in [4.78, 5) is 4.39. The van der Waals surface area contributed by atoms with Crippen molar-refractivity contribution in [1.82, 2.24) is 10.3 Å².